The van der Waals surface area contributed by atoms with Gasteiger partial charge in [-0.15, -0.1) is 0 Å². The maximum absolute atomic E-state index is 13.9. The Kier molecular flexibility index (Phi) is 29.5. The van der Waals surface area contributed by atoms with Gasteiger partial charge in [-0.25, -0.2) is 35.3 Å². The van der Waals surface area contributed by atoms with Gasteiger partial charge in [-0.2, -0.15) is 53.9 Å². The Balaban J connectivity index is 1.19. The summed E-state index contributed by atoms with van der Waals surface area (Å²) in [7, 11) is -21.8. The number of rotatable bonds is 36. The number of methoxy groups -OCH3 is 7. The number of urea groups is 1. The standard InChI is InChI=1S/C47H75N3O45S6/c1-75-25-17(13-83-98(63,64)65)84-41(22(28(25)76-2)49-19(51)11-9-8-10-18-21-15(14-96-18)48-47(59)50-21)88-32-30(77-3)36(79-5)44(90-34(32)39(55)56)86-24-16(12-82-97(60,61)62)85-43(29(23(24)52)94-100(69,70)71)89-33-31(78-4)37(80-6)45(91-35(33)40(57)58)87-26-20(38(53)54)27(93-99(66,67)68)42(81-7)92-46(26)95-101(72,73)74/h15-18,20-37,41-46,52H,8-14H2,1-7H3,(H,49,51)(H,53,54)(H,55,56)(H,57,58)(H2,48,50,59)(H,60,61,62)(H,63,64,65)(H,66,67,68)(H,69,70,71)(H,72,73,74)/t15?,16-,17-,18?,20+,21?,22-,23-,24-,25-,26+,27-,28-,29-,30+,31+,32?,33+,34+,35-,36-,37-,41-,42+,43-,44-,45-,46-/m1/s1. The zero-order valence-corrected chi connectivity index (χ0v) is 58.2. The minimum atomic E-state index is -5.96. The highest BCUT2D eigenvalue weighted by Crippen LogP contribution is 2.42. The molecule has 0 aromatic carbocycles. The smallest absolute Gasteiger partial charge is 0.399 e. The molecule has 4 unspecified atom stereocenters. The first-order valence-electron chi connectivity index (χ1n) is 29.2. The number of nitrogens with one attached hydrogen (secondary N) is 3. The molecule has 48 nitrogen and oxygen atoms in total. The molecule has 0 bridgehead atoms. The van der Waals surface area contributed by atoms with Crippen molar-refractivity contribution in [3.63, 3.8) is 0 Å². The lowest BCUT2D eigenvalue weighted by Crippen LogP contribution is -2.70. The summed E-state index contributed by atoms with van der Waals surface area (Å²) < 4.78 is 284. The number of carbonyl (C=O) groups excluding carboxylic acids is 2. The number of amides is 3. The van der Waals surface area contributed by atoms with E-state index in [9.17, 15) is 109 Å². The molecule has 7 heterocycles. The molecule has 54 heteroatoms. The molecule has 0 spiro atoms. The fraction of sp³-hybridized carbons (Fsp3) is 0.894. The zero-order chi connectivity index (χ0) is 75.2. The van der Waals surface area contributed by atoms with Crippen LogP contribution in [-0.2, 0) is 168 Å². The number of carboxylic acid groups (broad SMARTS) is 3. The first kappa shape index (κ1) is 84.4. The van der Waals surface area contributed by atoms with Crippen molar-refractivity contribution in [3.8, 4) is 0 Å². The summed E-state index contributed by atoms with van der Waals surface area (Å²) in [5, 5.41) is 52.6. The summed E-state index contributed by atoms with van der Waals surface area (Å²) in [6, 6.07) is -2.06. The van der Waals surface area contributed by atoms with E-state index in [0.717, 1.165) is 49.8 Å². The molecule has 0 radical (unpaired) electrons. The van der Waals surface area contributed by atoms with Crippen molar-refractivity contribution in [1.82, 2.24) is 16.0 Å². The number of aliphatic hydroxyl groups is 1. The van der Waals surface area contributed by atoms with E-state index >= 15 is 0 Å². The Morgan fingerprint density at radius 2 is 0.931 bits per heavy atom. The molecule has 12 N–H and O–H groups in total. The molecule has 3 amide bonds. The number of aliphatic hydroxyl groups excluding tert-OH is 1. The minimum Gasteiger partial charge on any atom is -0.481 e. The van der Waals surface area contributed by atoms with Crippen LogP contribution in [0.4, 0.5) is 4.79 Å². The van der Waals surface area contributed by atoms with E-state index in [4.69, 9.17) is 80.0 Å². The van der Waals surface area contributed by atoms with Crippen molar-refractivity contribution in [1.29, 1.82) is 0 Å². The quantitative estimate of drug-likeness (QED) is 0.0158. The van der Waals surface area contributed by atoms with E-state index in [-0.39, 0.29) is 36.2 Å². The van der Waals surface area contributed by atoms with E-state index in [2.05, 4.69) is 32.7 Å². The second-order valence-electron chi connectivity index (χ2n) is 22.6. The first-order valence-corrected chi connectivity index (χ1v) is 37.1. The van der Waals surface area contributed by atoms with Crippen molar-refractivity contribution in [3.05, 3.63) is 0 Å². The first-order chi connectivity index (χ1) is 47.1. The van der Waals surface area contributed by atoms with Crippen LogP contribution < -0.4 is 16.0 Å². The van der Waals surface area contributed by atoms with Gasteiger partial charge in [0.2, 0.25) is 12.2 Å². The molecule has 0 aliphatic carbocycles. The SMILES string of the molecule is CO[C@H]1O[C@H](OS(=O)(=O)O)[C@@H](O[C@@H]2O[C@@H](C(=O)O)[C@@H](O[C@H]3O[C@H](COS(=O)(=O)O)[C@@H](O[C@@H]4O[C@H](C(=O)O)C(O[C@H]5O[C@H](COS(=O)(=O)O)[C@@H](OC)[C@H](OC)[C@H]5NC(=O)CCCCC5SCC6NC(=O)NC65)[C@H](OC)[C@H]4OC)[C@@H](O)[C@H]3OS(=O)(=O)O)[C@H](OC)[C@H]2OC)[C@H](C(=O)O)[C@H]1OS(=O)(=O)O. The number of hydrogen-bond donors (Lipinski definition) is 12. The highest BCUT2D eigenvalue weighted by atomic mass is 32.3. The van der Waals surface area contributed by atoms with Gasteiger partial charge in [0.1, 0.15) is 97.4 Å². The monoisotopic (exact) mass is 1590 g/mol. The fourth-order valence-electron chi connectivity index (χ4n) is 12.3. The molecule has 7 rings (SSSR count). The van der Waals surface area contributed by atoms with Crippen molar-refractivity contribution in [2.45, 2.75) is 191 Å². The van der Waals surface area contributed by atoms with E-state index in [1.807, 2.05) is 0 Å². The lowest BCUT2D eigenvalue weighted by atomic mass is 9.91. The third kappa shape index (κ3) is 21.9. The van der Waals surface area contributed by atoms with Gasteiger partial charge in [-0.05, 0) is 12.8 Å². The number of fused-ring (bicyclic) bond motifs is 1. The number of carbonyl (C=O) groups is 5. The number of aliphatic carboxylic acids is 3. The van der Waals surface area contributed by atoms with Gasteiger partial charge < -0.3 is 112 Å². The second kappa shape index (κ2) is 35.3. The third-order valence-electron chi connectivity index (χ3n) is 16.4. The number of hydrogen-bond acceptors (Lipinski definition) is 38. The highest BCUT2D eigenvalue weighted by molar-refractivity contribution is 8.00. The average molecular weight is 1590 g/mol. The molecule has 7 aliphatic rings. The molecule has 7 fully saturated rings. The fourth-order valence-corrected chi connectivity index (χ4v) is 15.8. The molecular weight excluding hydrogens is 1520 g/mol. The maximum Gasteiger partial charge on any atom is 0.399 e. The van der Waals surface area contributed by atoms with E-state index < -0.39 is 242 Å². The van der Waals surface area contributed by atoms with E-state index in [1.54, 1.807) is 11.8 Å². The molecule has 28 atom stereocenters. The highest BCUT2D eigenvalue weighted by Gasteiger charge is 2.62. The van der Waals surface area contributed by atoms with Crippen molar-refractivity contribution >= 4 is 93.6 Å². The number of unbranched alkanes of at least 4 members (excludes halogenated alkanes) is 1. The number of thioether (sulfide) groups is 1. The van der Waals surface area contributed by atoms with Crippen LogP contribution >= 0.6 is 11.8 Å². The Labute approximate surface area is 578 Å². The molecular formula is C47H75N3O45S6. The zero-order valence-electron chi connectivity index (χ0n) is 53.3. The van der Waals surface area contributed by atoms with Crippen LogP contribution in [0, 0.1) is 5.92 Å². The van der Waals surface area contributed by atoms with Gasteiger partial charge in [0.15, 0.2) is 49.8 Å². The summed E-state index contributed by atoms with van der Waals surface area (Å²) in [5.41, 5.74) is 0. The van der Waals surface area contributed by atoms with Gasteiger partial charge in [0.05, 0.1) is 25.3 Å². The lowest BCUT2D eigenvalue weighted by molar-refractivity contribution is -0.390. The van der Waals surface area contributed by atoms with E-state index in [1.165, 1.54) is 0 Å². The Morgan fingerprint density at radius 1 is 0.475 bits per heavy atom. The summed E-state index contributed by atoms with van der Waals surface area (Å²) in [4.78, 5) is 65.5. The molecule has 7 aliphatic heterocycles. The van der Waals surface area contributed by atoms with Gasteiger partial charge >= 0.3 is 75.9 Å². The molecule has 0 aromatic heterocycles. The molecule has 0 saturated carbocycles. The predicted molar refractivity (Wildman–Crippen MR) is 313 cm³/mol. The molecule has 7 saturated heterocycles. The normalized spacial score (nSPS) is 38.8. The van der Waals surface area contributed by atoms with Gasteiger partial charge in [0.25, 0.3) is 0 Å². The molecule has 101 heavy (non-hydrogen) atoms. The number of ether oxygens (including phenoxy) is 16. The predicted octanol–water partition coefficient (Wildman–Crippen LogP) is -6.88. The second-order valence-corrected chi connectivity index (χ2v) is 29.2. The van der Waals surface area contributed by atoms with Crippen LogP contribution in [0.15, 0.2) is 0 Å². The Hall–Kier alpha value is -3.83. The van der Waals surface area contributed by atoms with Gasteiger partial charge in [-0.1, -0.05) is 6.42 Å². The lowest BCUT2D eigenvalue weighted by Gasteiger charge is -2.51. The van der Waals surface area contributed by atoms with Crippen LogP contribution in [0.1, 0.15) is 25.7 Å². The van der Waals surface area contributed by atoms with Crippen molar-refractivity contribution in [2.75, 3.05) is 68.7 Å². The van der Waals surface area contributed by atoms with Crippen molar-refractivity contribution in [2.24, 2.45) is 5.92 Å². The maximum atomic E-state index is 13.9. The van der Waals surface area contributed by atoms with Crippen molar-refractivity contribution < 1.29 is 206 Å². The van der Waals surface area contributed by atoms with Crippen LogP contribution in [0.25, 0.3) is 0 Å². The number of carboxylic acids is 3. The molecule has 0 aromatic rings. The van der Waals surface area contributed by atoms with Crippen LogP contribution in [-0.4, -0.2) is 349 Å². The third-order valence-corrected chi connectivity index (χ3v) is 20.2. The summed E-state index contributed by atoms with van der Waals surface area (Å²) in [6.07, 6.45) is -51.6. The van der Waals surface area contributed by atoms with Crippen LogP contribution in [0.5, 0.6) is 0 Å². The Bertz CT molecular complexity index is 3430. The average Bonchev–Trinajstić information content (AvgIpc) is 1.33. The topological polar surface area (TPSA) is 668 Å². The Morgan fingerprint density at radius 3 is 1.40 bits per heavy atom. The summed E-state index contributed by atoms with van der Waals surface area (Å²) >= 11 is 1.64. The van der Waals surface area contributed by atoms with Crippen LogP contribution in [0.2, 0.25) is 0 Å². The largest absolute Gasteiger partial charge is 0.481 e. The summed E-state index contributed by atoms with van der Waals surface area (Å²) in [6.45, 7) is -2.62. The minimum absolute atomic E-state index is 0.0273. The van der Waals surface area contributed by atoms with Gasteiger partial charge in [0, 0.05) is 67.2 Å². The summed E-state index contributed by atoms with van der Waals surface area (Å²) in [5.74, 6) is -8.99. The van der Waals surface area contributed by atoms with E-state index in [0.29, 0.717) is 18.6 Å². The van der Waals surface area contributed by atoms with Gasteiger partial charge in [-0.3, -0.25) is 32.4 Å². The van der Waals surface area contributed by atoms with Crippen LogP contribution in [0.3, 0.4) is 0 Å². The molecule has 584 valence electrons.